The third kappa shape index (κ3) is 2.61. The minimum absolute atomic E-state index is 0.180. The molecule has 1 N–H and O–H groups in total. The number of rotatable bonds is 3. The molecule has 0 saturated carbocycles. The third-order valence-electron chi connectivity index (χ3n) is 5.15. The summed E-state index contributed by atoms with van der Waals surface area (Å²) in [5.41, 5.74) is 0.518. The second kappa shape index (κ2) is 6.08. The van der Waals surface area contributed by atoms with E-state index >= 15 is 0 Å². The van der Waals surface area contributed by atoms with E-state index in [1.54, 1.807) is 24.3 Å². The molecular formula is C17H22NO4+. The van der Waals surface area contributed by atoms with Crippen LogP contribution in [-0.2, 0) is 14.3 Å². The Morgan fingerprint density at radius 2 is 1.91 bits per heavy atom. The summed E-state index contributed by atoms with van der Waals surface area (Å²) in [6.07, 6.45) is 2.39. The van der Waals surface area contributed by atoms with E-state index in [-0.39, 0.29) is 30.0 Å². The van der Waals surface area contributed by atoms with E-state index in [9.17, 15) is 9.59 Å². The zero-order chi connectivity index (χ0) is 15.7. The number of fused-ring (bicyclic) bond motifs is 2. The monoisotopic (exact) mass is 304 g/mol. The van der Waals surface area contributed by atoms with Crippen LogP contribution >= 0.6 is 0 Å². The topological polar surface area (TPSA) is 57.0 Å². The van der Waals surface area contributed by atoms with Crippen molar-refractivity contribution in [3.05, 3.63) is 35.9 Å². The van der Waals surface area contributed by atoms with E-state index in [0.717, 1.165) is 19.3 Å². The molecule has 5 nitrogen and oxygen atoms in total. The van der Waals surface area contributed by atoms with Gasteiger partial charge >= 0.3 is 11.9 Å². The van der Waals surface area contributed by atoms with Crippen LogP contribution in [0.4, 0.5) is 0 Å². The fourth-order valence-corrected chi connectivity index (χ4v) is 3.94. The Labute approximate surface area is 130 Å². The van der Waals surface area contributed by atoms with Crippen molar-refractivity contribution in [2.75, 3.05) is 14.2 Å². The molecule has 0 aliphatic carbocycles. The van der Waals surface area contributed by atoms with Gasteiger partial charge in [0.15, 0.2) is 0 Å². The van der Waals surface area contributed by atoms with Gasteiger partial charge in [0.2, 0.25) is 0 Å². The van der Waals surface area contributed by atoms with E-state index < -0.39 is 0 Å². The number of esters is 2. The van der Waals surface area contributed by atoms with Gasteiger partial charge in [-0.25, -0.2) is 4.79 Å². The van der Waals surface area contributed by atoms with Crippen LogP contribution in [0.2, 0.25) is 0 Å². The normalized spacial score (nSPS) is 33.3. The molecule has 3 unspecified atom stereocenters. The first-order chi connectivity index (χ1) is 10.6. The van der Waals surface area contributed by atoms with E-state index in [0.29, 0.717) is 11.6 Å². The van der Waals surface area contributed by atoms with Crippen molar-refractivity contribution in [2.24, 2.45) is 5.92 Å². The largest absolute Gasteiger partial charge is 0.469 e. The zero-order valence-corrected chi connectivity index (χ0v) is 13.0. The van der Waals surface area contributed by atoms with Crippen molar-refractivity contribution >= 4 is 11.9 Å². The molecule has 2 heterocycles. The van der Waals surface area contributed by atoms with Crippen molar-refractivity contribution in [1.29, 1.82) is 0 Å². The first-order valence-electron chi connectivity index (χ1n) is 7.79. The summed E-state index contributed by atoms with van der Waals surface area (Å²) in [4.78, 5) is 25.9. The second-order valence-corrected chi connectivity index (χ2v) is 6.22. The standard InChI is InChI=1S/C17H21NO4/c1-18-12-8-9-13(18)15(17(20)21-2)14(10-12)22-16(19)11-6-4-3-5-7-11/h3-7,12-15H,8-10H2,1-2H3/p+1/t12?,13?,14-,15+/m0/s1. The van der Waals surface area contributed by atoms with Gasteiger partial charge in [-0.1, -0.05) is 18.2 Å². The maximum absolute atomic E-state index is 12.3. The molecule has 22 heavy (non-hydrogen) atoms. The SMILES string of the molecule is COC(=O)[C@@H]1C2CCC(C[C@@H]1OC(=O)c1ccccc1)[NH+]2C. The number of benzene rings is 1. The molecular weight excluding hydrogens is 282 g/mol. The van der Waals surface area contributed by atoms with Crippen LogP contribution in [0.5, 0.6) is 0 Å². The van der Waals surface area contributed by atoms with E-state index in [1.807, 2.05) is 6.07 Å². The average Bonchev–Trinajstić information content (AvgIpc) is 2.78. The van der Waals surface area contributed by atoms with Crippen LogP contribution in [0.15, 0.2) is 30.3 Å². The summed E-state index contributed by atoms with van der Waals surface area (Å²) in [7, 11) is 3.52. The van der Waals surface area contributed by atoms with Crippen LogP contribution in [0, 0.1) is 5.92 Å². The van der Waals surface area contributed by atoms with Gasteiger partial charge in [-0.2, -0.15) is 0 Å². The predicted molar refractivity (Wildman–Crippen MR) is 79.5 cm³/mol. The Morgan fingerprint density at radius 3 is 2.59 bits per heavy atom. The molecule has 2 bridgehead atoms. The van der Waals surface area contributed by atoms with E-state index in [1.165, 1.54) is 12.0 Å². The van der Waals surface area contributed by atoms with Crippen LogP contribution in [-0.4, -0.2) is 44.3 Å². The van der Waals surface area contributed by atoms with Gasteiger partial charge < -0.3 is 14.4 Å². The maximum atomic E-state index is 12.3. The maximum Gasteiger partial charge on any atom is 0.338 e. The van der Waals surface area contributed by atoms with Gasteiger partial charge in [0.1, 0.15) is 18.1 Å². The van der Waals surface area contributed by atoms with Crippen LogP contribution < -0.4 is 4.90 Å². The number of piperidine rings is 1. The van der Waals surface area contributed by atoms with E-state index in [2.05, 4.69) is 7.05 Å². The number of hydrogen-bond donors (Lipinski definition) is 1. The minimum atomic E-state index is -0.388. The highest BCUT2D eigenvalue weighted by Gasteiger charge is 2.54. The molecule has 0 amide bonds. The first kappa shape index (κ1) is 15.0. The summed E-state index contributed by atoms with van der Waals surface area (Å²) < 4.78 is 10.7. The fourth-order valence-electron chi connectivity index (χ4n) is 3.94. The van der Waals surface area contributed by atoms with Crippen molar-refractivity contribution in [3.8, 4) is 0 Å². The minimum Gasteiger partial charge on any atom is -0.469 e. The molecule has 0 spiro atoms. The van der Waals surface area contributed by atoms with Crippen LogP contribution in [0.1, 0.15) is 29.6 Å². The Hall–Kier alpha value is -1.88. The summed E-state index contributed by atoms with van der Waals surface area (Å²) in [5.74, 6) is -0.995. The number of carbonyl (C=O) groups excluding carboxylic acids is 2. The Balaban J connectivity index is 1.79. The lowest BCUT2D eigenvalue weighted by Crippen LogP contribution is -3.16. The van der Waals surface area contributed by atoms with Gasteiger partial charge in [0.05, 0.1) is 25.8 Å². The van der Waals surface area contributed by atoms with Crippen molar-refractivity contribution in [1.82, 2.24) is 0 Å². The summed E-state index contributed by atoms with van der Waals surface area (Å²) >= 11 is 0. The quantitative estimate of drug-likeness (QED) is 0.824. The average molecular weight is 304 g/mol. The second-order valence-electron chi connectivity index (χ2n) is 6.22. The molecule has 1 aromatic carbocycles. The van der Waals surface area contributed by atoms with Gasteiger partial charge in [0, 0.05) is 19.3 Å². The molecule has 5 heteroatoms. The Kier molecular flexibility index (Phi) is 4.16. The summed E-state index contributed by atoms with van der Waals surface area (Å²) in [5, 5.41) is 0. The molecule has 2 aliphatic rings. The Morgan fingerprint density at radius 1 is 1.18 bits per heavy atom. The lowest BCUT2D eigenvalue weighted by Gasteiger charge is -2.38. The number of carbonyl (C=O) groups is 2. The number of methoxy groups -OCH3 is 1. The molecule has 0 aromatic heterocycles. The molecule has 118 valence electrons. The lowest BCUT2D eigenvalue weighted by atomic mass is 9.87. The molecule has 5 atom stereocenters. The highest BCUT2D eigenvalue weighted by atomic mass is 16.6. The molecule has 2 fully saturated rings. The summed E-state index contributed by atoms with van der Waals surface area (Å²) in [6, 6.07) is 9.55. The van der Waals surface area contributed by atoms with Gasteiger partial charge in [0.25, 0.3) is 0 Å². The number of hydrogen-bond acceptors (Lipinski definition) is 4. The smallest absolute Gasteiger partial charge is 0.338 e. The van der Waals surface area contributed by atoms with Crippen LogP contribution in [0.25, 0.3) is 0 Å². The van der Waals surface area contributed by atoms with Gasteiger partial charge in [-0.15, -0.1) is 0 Å². The predicted octanol–water partition coefficient (Wildman–Crippen LogP) is 0.451. The Bertz CT molecular complexity index is 559. The van der Waals surface area contributed by atoms with Crippen molar-refractivity contribution < 1.29 is 24.0 Å². The van der Waals surface area contributed by atoms with Gasteiger partial charge in [-0.3, -0.25) is 4.79 Å². The summed E-state index contributed by atoms with van der Waals surface area (Å²) in [6.45, 7) is 0. The molecule has 1 aromatic rings. The van der Waals surface area contributed by atoms with Crippen LogP contribution in [0.3, 0.4) is 0 Å². The third-order valence-corrected chi connectivity index (χ3v) is 5.15. The highest BCUT2D eigenvalue weighted by Crippen LogP contribution is 2.31. The zero-order valence-electron chi connectivity index (χ0n) is 13.0. The molecule has 0 radical (unpaired) electrons. The van der Waals surface area contributed by atoms with Crippen molar-refractivity contribution in [2.45, 2.75) is 37.5 Å². The molecule has 2 aliphatic heterocycles. The number of nitrogens with one attached hydrogen (secondary N) is 1. The van der Waals surface area contributed by atoms with Crippen molar-refractivity contribution in [3.63, 3.8) is 0 Å². The first-order valence-corrected chi connectivity index (χ1v) is 7.79. The van der Waals surface area contributed by atoms with Gasteiger partial charge in [-0.05, 0) is 12.1 Å². The molecule has 3 rings (SSSR count). The lowest BCUT2D eigenvalue weighted by molar-refractivity contribution is -0.926. The number of ether oxygens (including phenoxy) is 2. The fraction of sp³-hybridized carbons (Fsp3) is 0.529. The van der Waals surface area contributed by atoms with E-state index in [4.69, 9.17) is 9.47 Å². The number of quaternary nitrogens is 1. The molecule has 2 saturated heterocycles. The highest BCUT2D eigenvalue weighted by molar-refractivity contribution is 5.89.